The third kappa shape index (κ3) is 5.51. The summed E-state index contributed by atoms with van der Waals surface area (Å²) < 4.78 is 15.2. The largest absolute Gasteiger partial charge is 0.325 e. The van der Waals surface area contributed by atoms with E-state index in [2.05, 4.69) is 36.8 Å². The van der Waals surface area contributed by atoms with Crippen LogP contribution in [0.25, 0.3) is 0 Å². The molecule has 2 amide bonds. The van der Waals surface area contributed by atoms with E-state index in [1.54, 1.807) is 12.1 Å². The fourth-order valence-electron chi connectivity index (χ4n) is 2.05. The maximum absolute atomic E-state index is 13.8. The number of aromatic nitrogens is 2. The molecule has 0 bridgehead atoms. The Morgan fingerprint density at radius 2 is 1.89 bits per heavy atom. The molecule has 3 aromatic rings. The fraction of sp³-hybridized carbons (Fsp3) is 0.0588. The van der Waals surface area contributed by atoms with Gasteiger partial charge in [0.15, 0.2) is 4.34 Å². The molecule has 2 N–H and O–H groups in total. The molecule has 1 heterocycles. The van der Waals surface area contributed by atoms with E-state index in [1.807, 2.05) is 12.1 Å². The van der Waals surface area contributed by atoms with Gasteiger partial charge >= 0.3 is 0 Å². The third-order valence-corrected chi connectivity index (χ3v) is 6.09. The summed E-state index contributed by atoms with van der Waals surface area (Å²) in [5.74, 6) is -1.53. The molecule has 28 heavy (non-hydrogen) atoms. The van der Waals surface area contributed by atoms with Gasteiger partial charge < -0.3 is 5.32 Å². The molecule has 0 spiro atoms. The molecule has 3 rings (SSSR count). The van der Waals surface area contributed by atoms with Gasteiger partial charge in [-0.2, -0.15) is 0 Å². The lowest BCUT2D eigenvalue weighted by Crippen LogP contribution is -2.14. The Balaban J connectivity index is 1.54. The molecule has 2 aromatic carbocycles. The van der Waals surface area contributed by atoms with E-state index in [-0.39, 0.29) is 27.4 Å². The van der Waals surface area contributed by atoms with Crippen LogP contribution in [0.4, 0.5) is 15.2 Å². The number of rotatable bonds is 6. The van der Waals surface area contributed by atoms with Gasteiger partial charge in [-0.15, -0.1) is 10.2 Å². The first-order chi connectivity index (χ1) is 13.4. The minimum Gasteiger partial charge on any atom is -0.325 e. The minimum absolute atomic E-state index is 0.00114. The van der Waals surface area contributed by atoms with E-state index in [4.69, 9.17) is 11.6 Å². The van der Waals surface area contributed by atoms with Crippen molar-refractivity contribution >= 4 is 73.3 Å². The van der Waals surface area contributed by atoms with E-state index >= 15 is 0 Å². The predicted molar refractivity (Wildman–Crippen MR) is 113 cm³/mol. The van der Waals surface area contributed by atoms with Gasteiger partial charge in [0.25, 0.3) is 5.91 Å². The summed E-state index contributed by atoms with van der Waals surface area (Å²) in [5, 5.41) is 13.1. The quantitative estimate of drug-likeness (QED) is 0.364. The van der Waals surface area contributed by atoms with E-state index in [0.717, 1.165) is 21.9 Å². The molecule has 0 aliphatic carbocycles. The van der Waals surface area contributed by atoms with Crippen molar-refractivity contribution in [3.8, 4) is 0 Å². The number of amides is 2. The van der Waals surface area contributed by atoms with Crippen LogP contribution >= 0.6 is 50.6 Å². The maximum atomic E-state index is 13.8. The highest BCUT2D eigenvalue weighted by atomic mass is 79.9. The number of carbonyl (C=O) groups excluding carboxylic acids is 2. The Bertz CT molecular complexity index is 996. The van der Waals surface area contributed by atoms with Crippen LogP contribution < -0.4 is 10.6 Å². The lowest BCUT2D eigenvalue weighted by Gasteiger charge is -2.04. The van der Waals surface area contributed by atoms with Crippen molar-refractivity contribution in [2.45, 2.75) is 4.34 Å². The number of nitrogens with one attached hydrogen (secondary N) is 2. The van der Waals surface area contributed by atoms with Gasteiger partial charge in [0.1, 0.15) is 5.82 Å². The monoisotopic (exact) mass is 500 g/mol. The highest BCUT2D eigenvalue weighted by molar-refractivity contribution is 9.10. The van der Waals surface area contributed by atoms with Crippen molar-refractivity contribution < 1.29 is 14.0 Å². The molecule has 0 aliphatic heterocycles. The molecule has 6 nitrogen and oxygen atoms in total. The zero-order chi connectivity index (χ0) is 20.1. The molecule has 0 unspecified atom stereocenters. The van der Waals surface area contributed by atoms with Gasteiger partial charge in [-0.1, -0.05) is 56.7 Å². The Morgan fingerprint density at radius 1 is 1.14 bits per heavy atom. The number of thioether (sulfide) groups is 1. The second-order valence-electron chi connectivity index (χ2n) is 5.27. The van der Waals surface area contributed by atoms with Crippen LogP contribution in [-0.2, 0) is 4.79 Å². The molecule has 0 saturated carbocycles. The van der Waals surface area contributed by atoms with Crippen molar-refractivity contribution in [2.24, 2.45) is 0 Å². The lowest BCUT2D eigenvalue weighted by molar-refractivity contribution is -0.113. The number of carbonyl (C=O) groups is 2. The zero-order valence-electron chi connectivity index (χ0n) is 13.9. The summed E-state index contributed by atoms with van der Waals surface area (Å²) in [6.45, 7) is 0. The summed E-state index contributed by atoms with van der Waals surface area (Å²) in [5.41, 5.74) is 0.420. The average molecular weight is 502 g/mol. The summed E-state index contributed by atoms with van der Waals surface area (Å²) in [4.78, 5) is 24.2. The van der Waals surface area contributed by atoms with E-state index in [0.29, 0.717) is 10.0 Å². The number of halogens is 3. The highest BCUT2D eigenvalue weighted by Crippen LogP contribution is 2.27. The first kappa shape index (κ1) is 20.7. The average Bonchev–Trinajstić information content (AvgIpc) is 3.09. The minimum atomic E-state index is -0.728. The van der Waals surface area contributed by atoms with Crippen molar-refractivity contribution in [3.63, 3.8) is 0 Å². The van der Waals surface area contributed by atoms with Gasteiger partial charge in [-0.3, -0.25) is 14.9 Å². The smallest absolute Gasteiger partial charge is 0.261 e. The molecule has 0 fully saturated rings. The van der Waals surface area contributed by atoms with Crippen molar-refractivity contribution in [2.75, 3.05) is 16.4 Å². The SMILES string of the molecule is O=C(CSc1nnc(NC(=O)c2c(F)cccc2Cl)s1)Nc1ccc(Br)cc1. The molecule has 0 saturated heterocycles. The lowest BCUT2D eigenvalue weighted by atomic mass is 10.2. The molecule has 0 aliphatic rings. The molecule has 144 valence electrons. The van der Waals surface area contributed by atoms with Gasteiger partial charge in [0.05, 0.1) is 16.3 Å². The molecule has 11 heteroatoms. The van der Waals surface area contributed by atoms with E-state index in [9.17, 15) is 14.0 Å². The first-order valence-corrected chi connectivity index (χ1v) is 10.7. The highest BCUT2D eigenvalue weighted by Gasteiger charge is 2.18. The maximum Gasteiger partial charge on any atom is 0.261 e. The first-order valence-electron chi connectivity index (χ1n) is 7.69. The third-order valence-electron chi connectivity index (χ3n) is 3.27. The molecular formula is C17H11BrClFN4O2S2. The normalized spacial score (nSPS) is 10.5. The molecule has 0 radical (unpaired) electrons. The van der Waals surface area contributed by atoms with Crippen molar-refractivity contribution in [3.05, 3.63) is 63.3 Å². The van der Waals surface area contributed by atoms with Gasteiger partial charge in [0, 0.05) is 10.2 Å². The molecule has 1 aromatic heterocycles. The number of hydrogen-bond donors (Lipinski definition) is 2. The predicted octanol–water partition coefficient (Wildman–Crippen LogP) is 5.08. The Labute approximate surface area is 181 Å². The second-order valence-corrected chi connectivity index (χ2v) is 8.79. The Morgan fingerprint density at radius 3 is 2.61 bits per heavy atom. The van der Waals surface area contributed by atoms with Crippen molar-refractivity contribution in [1.29, 1.82) is 0 Å². The van der Waals surface area contributed by atoms with Crippen molar-refractivity contribution in [1.82, 2.24) is 10.2 Å². The Hall–Kier alpha value is -2.01. The molecule has 0 atom stereocenters. The number of anilines is 2. The molecular weight excluding hydrogens is 491 g/mol. The van der Waals surface area contributed by atoms with E-state index < -0.39 is 11.7 Å². The standard InChI is InChI=1S/C17H11BrClFN4O2S2/c18-9-4-6-10(7-5-9)21-13(25)8-27-17-24-23-16(28-17)22-15(26)14-11(19)2-1-3-12(14)20/h1-7H,8H2,(H,21,25)(H,22,23,26). The summed E-state index contributed by atoms with van der Waals surface area (Å²) in [7, 11) is 0. The second kappa shape index (κ2) is 9.46. The van der Waals surface area contributed by atoms with Crippen LogP contribution in [0.5, 0.6) is 0 Å². The van der Waals surface area contributed by atoms with Crippen LogP contribution in [0.3, 0.4) is 0 Å². The summed E-state index contributed by atoms with van der Waals surface area (Å²) in [6, 6.07) is 11.2. The fourth-order valence-corrected chi connectivity index (χ4v) is 4.11. The number of benzene rings is 2. The van der Waals surface area contributed by atoms with Gasteiger partial charge in [-0.05, 0) is 36.4 Å². The zero-order valence-corrected chi connectivity index (χ0v) is 17.9. The summed E-state index contributed by atoms with van der Waals surface area (Å²) >= 11 is 11.4. The van der Waals surface area contributed by atoms with Crippen LogP contribution in [0.2, 0.25) is 5.02 Å². The van der Waals surface area contributed by atoms with Crippen LogP contribution in [0, 0.1) is 5.82 Å². The van der Waals surface area contributed by atoms with E-state index in [1.165, 1.54) is 23.9 Å². The van der Waals surface area contributed by atoms with Crippen LogP contribution in [0.15, 0.2) is 51.3 Å². The number of hydrogen-bond acceptors (Lipinski definition) is 6. The Kier molecular flexibility index (Phi) is 7.00. The summed E-state index contributed by atoms with van der Waals surface area (Å²) in [6.07, 6.45) is 0. The topological polar surface area (TPSA) is 84.0 Å². The van der Waals surface area contributed by atoms with Gasteiger partial charge in [0.2, 0.25) is 11.0 Å². The van der Waals surface area contributed by atoms with Crippen LogP contribution in [-0.4, -0.2) is 27.8 Å². The number of nitrogens with zero attached hydrogens (tertiary/aromatic N) is 2. The van der Waals surface area contributed by atoms with Gasteiger partial charge in [-0.25, -0.2) is 4.39 Å². The van der Waals surface area contributed by atoms with Crippen LogP contribution in [0.1, 0.15) is 10.4 Å².